The summed E-state index contributed by atoms with van der Waals surface area (Å²) in [5.74, 6) is -0.350. The lowest BCUT2D eigenvalue weighted by Crippen LogP contribution is -2.49. The number of benzene rings is 2. The Morgan fingerprint density at radius 2 is 1.81 bits per heavy atom. The van der Waals surface area contributed by atoms with Gasteiger partial charge in [-0.1, -0.05) is 30.3 Å². The number of nitrogens with one attached hydrogen (secondary N) is 2. The molecule has 2 aromatic rings. The average molecular weight is 369 g/mol. The van der Waals surface area contributed by atoms with Crippen LogP contribution in [0.1, 0.15) is 34.3 Å². The highest BCUT2D eigenvalue weighted by Gasteiger charge is 2.24. The van der Waals surface area contributed by atoms with Crippen molar-refractivity contribution in [2.75, 3.05) is 13.1 Å². The van der Waals surface area contributed by atoms with Gasteiger partial charge in [-0.05, 0) is 49.1 Å². The first-order chi connectivity index (χ1) is 13.0. The van der Waals surface area contributed by atoms with Gasteiger partial charge < -0.3 is 15.5 Å². The van der Waals surface area contributed by atoms with Gasteiger partial charge in [0.15, 0.2) is 0 Å². The molecule has 0 saturated carbocycles. The van der Waals surface area contributed by atoms with Crippen molar-refractivity contribution in [3.05, 3.63) is 71.0 Å². The second-order valence-electron chi connectivity index (χ2n) is 6.84. The monoisotopic (exact) mass is 369 g/mol. The largest absolute Gasteiger partial charge is 0.349 e. The minimum absolute atomic E-state index is 0.0629. The summed E-state index contributed by atoms with van der Waals surface area (Å²) in [4.78, 5) is 26.2. The van der Waals surface area contributed by atoms with Gasteiger partial charge in [0, 0.05) is 31.2 Å². The number of urea groups is 1. The number of carbonyl (C=O) groups excluding carboxylic acids is 2. The fourth-order valence-corrected chi connectivity index (χ4v) is 3.12. The second kappa shape index (κ2) is 8.66. The summed E-state index contributed by atoms with van der Waals surface area (Å²) >= 11 is 0. The number of hydrogen-bond acceptors (Lipinski definition) is 2. The molecule has 1 heterocycles. The number of carbonyl (C=O) groups is 2. The average Bonchev–Trinajstić information content (AvgIpc) is 2.70. The van der Waals surface area contributed by atoms with E-state index in [1.165, 1.54) is 6.07 Å². The van der Waals surface area contributed by atoms with Crippen molar-refractivity contribution in [2.45, 2.75) is 32.4 Å². The second-order valence-corrected chi connectivity index (χ2v) is 6.84. The fraction of sp³-hybridized carbons (Fsp3) is 0.333. The predicted octanol–water partition coefficient (Wildman–Crippen LogP) is 3.24. The van der Waals surface area contributed by atoms with Crippen molar-refractivity contribution in [1.29, 1.82) is 0 Å². The van der Waals surface area contributed by atoms with E-state index in [4.69, 9.17) is 0 Å². The molecule has 3 rings (SSSR count). The van der Waals surface area contributed by atoms with E-state index in [-0.39, 0.29) is 23.8 Å². The molecule has 0 bridgehead atoms. The number of piperidine rings is 1. The van der Waals surface area contributed by atoms with Crippen molar-refractivity contribution in [3.63, 3.8) is 0 Å². The van der Waals surface area contributed by atoms with Gasteiger partial charge in [-0.25, -0.2) is 9.18 Å². The lowest BCUT2D eigenvalue weighted by Gasteiger charge is -2.32. The molecule has 27 heavy (non-hydrogen) atoms. The maximum atomic E-state index is 13.6. The molecule has 3 amide bonds. The Bertz CT molecular complexity index is 802. The molecule has 0 aliphatic carbocycles. The SMILES string of the molecule is Cc1ccc(CNC(=O)N2CCC(NC(=O)c3ccccc3)CC2)cc1F. The molecule has 2 N–H and O–H groups in total. The van der Waals surface area contributed by atoms with Crippen LogP contribution in [0, 0.1) is 12.7 Å². The first-order valence-electron chi connectivity index (χ1n) is 9.16. The van der Waals surface area contributed by atoms with E-state index < -0.39 is 0 Å². The molecule has 1 aliphatic heterocycles. The Kier molecular flexibility index (Phi) is 6.06. The van der Waals surface area contributed by atoms with Crippen LogP contribution < -0.4 is 10.6 Å². The summed E-state index contributed by atoms with van der Waals surface area (Å²) < 4.78 is 13.6. The summed E-state index contributed by atoms with van der Waals surface area (Å²) in [5, 5.41) is 5.85. The van der Waals surface area contributed by atoms with Crippen LogP contribution in [-0.2, 0) is 6.54 Å². The zero-order valence-electron chi connectivity index (χ0n) is 15.4. The maximum absolute atomic E-state index is 13.6. The van der Waals surface area contributed by atoms with E-state index in [9.17, 15) is 14.0 Å². The third-order valence-corrected chi connectivity index (χ3v) is 4.83. The van der Waals surface area contributed by atoms with Crippen LogP contribution in [0.3, 0.4) is 0 Å². The zero-order valence-corrected chi connectivity index (χ0v) is 15.4. The molecule has 1 saturated heterocycles. The fourth-order valence-electron chi connectivity index (χ4n) is 3.12. The smallest absolute Gasteiger partial charge is 0.317 e. The summed E-state index contributed by atoms with van der Waals surface area (Å²) in [7, 11) is 0. The van der Waals surface area contributed by atoms with Gasteiger partial charge in [0.25, 0.3) is 5.91 Å². The Balaban J connectivity index is 1.43. The van der Waals surface area contributed by atoms with Gasteiger partial charge in [-0.2, -0.15) is 0 Å². The van der Waals surface area contributed by atoms with Gasteiger partial charge in [0.1, 0.15) is 5.82 Å². The van der Waals surface area contributed by atoms with Gasteiger partial charge in [0.2, 0.25) is 0 Å². The van der Waals surface area contributed by atoms with Crippen molar-refractivity contribution in [2.24, 2.45) is 0 Å². The number of halogens is 1. The van der Waals surface area contributed by atoms with Crippen molar-refractivity contribution in [3.8, 4) is 0 Å². The molecule has 2 aromatic carbocycles. The Morgan fingerprint density at radius 1 is 1.11 bits per heavy atom. The minimum Gasteiger partial charge on any atom is -0.349 e. The van der Waals surface area contributed by atoms with Crippen LogP contribution in [0.2, 0.25) is 0 Å². The molecule has 0 atom stereocenters. The first kappa shape index (κ1) is 18.9. The van der Waals surface area contributed by atoms with Crippen molar-refractivity contribution >= 4 is 11.9 Å². The molecule has 5 nitrogen and oxygen atoms in total. The molecule has 142 valence electrons. The molecule has 0 aromatic heterocycles. The number of rotatable bonds is 4. The van der Waals surface area contributed by atoms with Gasteiger partial charge in [0.05, 0.1) is 0 Å². The quantitative estimate of drug-likeness (QED) is 0.869. The Hall–Kier alpha value is -2.89. The molecule has 0 spiro atoms. The number of amides is 3. The number of nitrogens with zero attached hydrogens (tertiary/aromatic N) is 1. The normalized spacial score (nSPS) is 14.7. The van der Waals surface area contributed by atoms with Gasteiger partial charge >= 0.3 is 6.03 Å². The maximum Gasteiger partial charge on any atom is 0.317 e. The molecule has 0 radical (unpaired) electrons. The molecular formula is C21H24FN3O2. The van der Waals surface area contributed by atoms with E-state index in [1.807, 2.05) is 24.3 Å². The Labute approximate surface area is 158 Å². The molecule has 0 unspecified atom stereocenters. The van der Waals surface area contributed by atoms with Gasteiger partial charge in [-0.15, -0.1) is 0 Å². The highest BCUT2D eigenvalue weighted by Crippen LogP contribution is 2.13. The zero-order chi connectivity index (χ0) is 19.2. The van der Waals surface area contributed by atoms with E-state index in [2.05, 4.69) is 10.6 Å². The van der Waals surface area contributed by atoms with Crippen LogP contribution in [0.25, 0.3) is 0 Å². The van der Waals surface area contributed by atoms with Crippen LogP contribution in [0.5, 0.6) is 0 Å². The van der Waals surface area contributed by atoms with E-state index in [0.717, 1.165) is 5.56 Å². The van der Waals surface area contributed by atoms with Crippen LogP contribution in [0.4, 0.5) is 9.18 Å². The number of likely N-dealkylation sites (tertiary alicyclic amines) is 1. The van der Waals surface area contributed by atoms with E-state index in [0.29, 0.717) is 43.6 Å². The Morgan fingerprint density at radius 3 is 2.48 bits per heavy atom. The lowest BCUT2D eigenvalue weighted by molar-refractivity contribution is 0.0918. The minimum atomic E-state index is -0.267. The topological polar surface area (TPSA) is 61.4 Å². The number of hydrogen-bond donors (Lipinski definition) is 2. The van der Waals surface area contributed by atoms with Crippen LogP contribution in [-0.4, -0.2) is 36.0 Å². The highest BCUT2D eigenvalue weighted by atomic mass is 19.1. The summed E-state index contributed by atoms with van der Waals surface area (Å²) in [6.45, 7) is 3.15. The van der Waals surface area contributed by atoms with Crippen molar-refractivity contribution in [1.82, 2.24) is 15.5 Å². The van der Waals surface area contributed by atoms with Crippen molar-refractivity contribution < 1.29 is 14.0 Å². The summed E-state index contributed by atoms with van der Waals surface area (Å²) in [6.07, 6.45) is 1.43. The molecule has 1 aliphatic rings. The third kappa shape index (κ3) is 5.06. The number of aryl methyl sites for hydroxylation is 1. The summed E-state index contributed by atoms with van der Waals surface area (Å²) in [5.41, 5.74) is 1.96. The van der Waals surface area contributed by atoms with E-state index in [1.54, 1.807) is 30.0 Å². The van der Waals surface area contributed by atoms with Crippen LogP contribution in [0.15, 0.2) is 48.5 Å². The predicted molar refractivity (Wildman–Crippen MR) is 102 cm³/mol. The third-order valence-electron chi connectivity index (χ3n) is 4.83. The standard InChI is InChI=1S/C21H24FN3O2/c1-15-7-8-16(13-19(15)22)14-23-21(27)25-11-9-18(10-12-25)24-20(26)17-5-3-2-4-6-17/h2-8,13,18H,9-12,14H2,1H3,(H,23,27)(H,24,26). The van der Waals surface area contributed by atoms with E-state index >= 15 is 0 Å². The highest BCUT2D eigenvalue weighted by molar-refractivity contribution is 5.94. The molecule has 6 heteroatoms. The first-order valence-corrected chi connectivity index (χ1v) is 9.16. The summed E-state index contributed by atoms with van der Waals surface area (Å²) in [6, 6.07) is 14.0. The lowest BCUT2D eigenvalue weighted by atomic mass is 10.0. The molecular weight excluding hydrogens is 345 g/mol. The molecule has 1 fully saturated rings. The van der Waals surface area contributed by atoms with Crippen LogP contribution >= 0.6 is 0 Å². The van der Waals surface area contributed by atoms with Gasteiger partial charge in [-0.3, -0.25) is 4.79 Å².